The minimum Gasteiger partial charge on any atom is -1.00 e. The first-order chi connectivity index (χ1) is 22.2. The minimum atomic E-state index is 0. The normalized spacial score (nSPS) is 11.5. The maximum absolute atomic E-state index is 6.09. The van der Waals surface area contributed by atoms with Gasteiger partial charge < -0.3 is 24.8 Å². The van der Waals surface area contributed by atoms with E-state index in [1.165, 1.54) is 93.8 Å². The third kappa shape index (κ3) is 9.77. The second-order valence-corrected chi connectivity index (χ2v) is 16.2. The summed E-state index contributed by atoms with van der Waals surface area (Å²) in [5, 5.41) is 3.37. The third-order valence-corrected chi connectivity index (χ3v) is 10.4. The molecule has 0 amide bonds. The van der Waals surface area contributed by atoms with Gasteiger partial charge in [-0.15, -0.1) is 16.7 Å². The van der Waals surface area contributed by atoms with E-state index in [0.717, 1.165) is 11.4 Å². The largest absolute Gasteiger partial charge is 1.00 e. The molecular formula is C45H45Cl3Zr-2. The molecule has 0 nitrogen and oxygen atoms in total. The average Bonchev–Trinajstić information content (AvgIpc) is 3.70. The van der Waals surface area contributed by atoms with Crippen molar-refractivity contribution in [2.75, 3.05) is 0 Å². The number of halogens is 3. The number of benzene rings is 5. The van der Waals surface area contributed by atoms with Crippen LogP contribution in [0.2, 0.25) is 5.02 Å². The topological polar surface area (TPSA) is 0 Å². The quantitative estimate of drug-likeness (QED) is 0.181. The molecule has 252 valence electrons. The van der Waals surface area contributed by atoms with Crippen molar-refractivity contribution < 1.29 is 49.0 Å². The minimum absolute atomic E-state index is 0. The summed E-state index contributed by atoms with van der Waals surface area (Å²) in [5.74, 6) is 0. The van der Waals surface area contributed by atoms with Crippen LogP contribution in [0.3, 0.4) is 0 Å². The fourth-order valence-corrected chi connectivity index (χ4v) is 7.69. The second-order valence-electron chi connectivity index (χ2n) is 14.6. The van der Waals surface area contributed by atoms with E-state index in [4.69, 9.17) is 11.6 Å². The van der Waals surface area contributed by atoms with Gasteiger partial charge in [0.2, 0.25) is 0 Å². The SMILES string of the molecule is Cc1[c-]c2c(cc1C(C)(C)C)-c1cc(C(C)(C)C)c(C)cc1C2.Clc1cccc([C](=[Zr+2])c2cccc3ccccc23)c1.[Cl-].[Cl-].c1cc[cH-]c1. The Morgan fingerprint density at radius 3 is 1.94 bits per heavy atom. The van der Waals surface area contributed by atoms with E-state index >= 15 is 0 Å². The van der Waals surface area contributed by atoms with Crippen LogP contribution in [0, 0.1) is 19.9 Å². The summed E-state index contributed by atoms with van der Waals surface area (Å²) in [6.07, 6.45) is 1.03. The molecule has 0 saturated carbocycles. The molecule has 0 unspecified atom stereocenters. The summed E-state index contributed by atoms with van der Waals surface area (Å²) in [6.45, 7) is 18.2. The van der Waals surface area contributed by atoms with Crippen LogP contribution in [0.25, 0.3) is 21.9 Å². The maximum Gasteiger partial charge on any atom is -0.172 e. The molecule has 1 aliphatic carbocycles. The zero-order valence-electron chi connectivity index (χ0n) is 29.8. The number of rotatable bonds is 2. The van der Waals surface area contributed by atoms with Gasteiger partial charge in [0.25, 0.3) is 0 Å². The third-order valence-electron chi connectivity index (χ3n) is 8.81. The van der Waals surface area contributed by atoms with Crippen LogP contribution in [-0.2, 0) is 41.5 Å². The summed E-state index contributed by atoms with van der Waals surface area (Å²) in [5.41, 5.74) is 14.1. The van der Waals surface area contributed by atoms with Crippen LogP contribution in [0.15, 0.2) is 115 Å². The van der Waals surface area contributed by atoms with Crippen LogP contribution in [-0.4, -0.2) is 3.21 Å². The summed E-state index contributed by atoms with van der Waals surface area (Å²) in [6, 6.07) is 44.0. The van der Waals surface area contributed by atoms with E-state index in [9.17, 15) is 0 Å². The first-order valence-electron chi connectivity index (χ1n) is 16.4. The molecule has 4 heteroatoms. The van der Waals surface area contributed by atoms with E-state index in [2.05, 4.69) is 128 Å². The fraction of sp³-hybridized carbons (Fsp3) is 0.244. The van der Waals surface area contributed by atoms with Crippen molar-refractivity contribution in [2.45, 2.75) is 72.6 Å². The van der Waals surface area contributed by atoms with Crippen molar-refractivity contribution in [1.29, 1.82) is 0 Å². The van der Waals surface area contributed by atoms with Gasteiger partial charge in [0, 0.05) is 0 Å². The van der Waals surface area contributed by atoms with Gasteiger partial charge in [0.05, 0.1) is 0 Å². The smallest absolute Gasteiger partial charge is 0.172 e. The van der Waals surface area contributed by atoms with Crippen molar-refractivity contribution in [3.05, 3.63) is 171 Å². The molecule has 0 spiro atoms. The van der Waals surface area contributed by atoms with Crippen LogP contribution in [0.1, 0.15) is 86.1 Å². The Morgan fingerprint density at radius 2 is 1.33 bits per heavy atom. The van der Waals surface area contributed by atoms with Crippen LogP contribution in [0.4, 0.5) is 0 Å². The first kappa shape index (κ1) is 40.8. The average molecular weight is 783 g/mol. The van der Waals surface area contributed by atoms with Gasteiger partial charge in [-0.05, 0) is 35.4 Å². The molecule has 0 bridgehead atoms. The maximum atomic E-state index is 6.09. The van der Waals surface area contributed by atoms with Crippen molar-refractivity contribution >= 4 is 25.6 Å². The van der Waals surface area contributed by atoms with Gasteiger partial charge in [0.15, 0.2) is 0 Å². The van der Waals surface area contributed by atoms with E-state index in [0.29, 0.717) is 0 Å². The molecule has 6 aromatic carbocycles. The first-order valence-corrected chi connectivity index (χ1v) is 18.0. The van der Waals surface area contributed by atoms with Crippen molar-refractivity contribution in [3.8, 4) is 11.1 Å². The van der Waals surface area contributed by atoms with Gasteiger partial charge in [-0.25, -0.2) is 12.1 Å². The molecule has 0 heterocycles. The Morgan fingerprint density at radius 1 is 0.714 bits per heavy atom. The molecular weight excluding hydrogens is 738 g/mol. The van der Waals surface area contributed by atoms with Crippen molar-refractivity contribution in [1.82, 2.24) is 0 Å². The summed E-state index contributed by atoms with van der Waals surface area (Å²) in [7, 11) is 0. The Kier molecular flexibility index (Phi) is 14.2. The van der Waals surface area contributed by atoms with E-state index < -0.39 is 0 Å². The molecule has 0 aromatic heterocycles. The van der Waals surface area contributed by atoms with Crippen molar-refractivity contribution in [2.24, 2.45) is 0 Å². The van der Waals surface area contributed by atoms with Gasteiger partial charge in [-0.1, -0.05) is 71.6 Å². The molecule has 1 aliphatic rings. The molecule has 49 heavy (non-hydrogen) atoms. The Bertz CT molecular complexity index is 1930. The second kappa shape index (κ2) is 17.0. The standard InChI is InChI=1S/C23H29.C17H11Cl.C5H5.2ClH.Zr/c1-14-9-16-11-17-10-15(2)21(23(6,7)8)13-19(17)18(16)12-20(14)22(3,4)5;18-16-9-3-5-13(12-16)11-15-8-4-7-14-6-1-2-10-17(14)15;1-2-4-5-3-1;;;/h9,12-13H,11H2,1-8H3;1-10,12H;1-5H;2*1H;/q-1;;-1;;;+2/p-2. The number of aryl methyl sites for hydroxylation is 2. The van der Waals surface area contributed by atoms with Gasteiger partial charge in [-0.3, -0.25) is 0 Å². The molecule has 0 fully saturated rings. The van der Waals surface area contributed by atoms with Gasteiger partial charge >= 0.3 is 133 Å². The Hall–Kier alpha value is -2.67. The Labute approximate surface area is 326 Å². The van der Waals surface area contributed by atoms with E-state index in [1.807, 2.05) is 48.5 Å². The number of hydrogen-bond donors (Lipinski definition) is 0. The fourth-order valence-electron chi connectivity index (χ4n) is 6.59. The summed E-state index contributed by atoms with van der Waals surface area (Å²) >= 11 is 7.49. The van der Waals surface area contributed by atoms with Crippen molar-refractivity contribution in [3.63, 3.8) is 0 Å². The molecule has 0 aliphatic heterocycles. The zero-order chi connectivity index (χ0) is 33.9. The molecule has 7 rings (SSSR count). The molecule has 0 saturated heterocycles. The van der Waals surface area contributed by atoms with Crippen LogP contribution < -0.4 is 24.8 Å². The predicted molar refractivity (Wildman–Crippen MR) is 201 cm³/mol. The molecule has 0 atom stereocenters. The van der Waals surface area contributed by atoms with Crippen LogP contribution >= 0.6 is 11.6 Å². The van der Waals surface area contributed by atoms with E-state index in [1.54, 1.807) is 0 Å². The number of hydrogen-bond acceptors (Lipinski definition) is 0. The summed E-state index contributed by atoms with van der Waals surface area (Å²) in [4.78, 5) is 0. The molecule has 0 N–H and O–H groups in total. The van der Waals surface area contributed by atoms with Gasteiger partial charge in [0.1, 0.15) is 0 Å². The monoisotopic (exact) mass is 780 g/mol. The zero-order valence-corrected chi connectivity index (χ0v) is 34.5. The van der Waals surface area contributed by atoms with E-state index in [-0.39, 0.29) is 35.6 Å². The molecule has 6 aromatic rings. The Balaban J connectivity index is 0.000000226. The van der Waals surface area contributed by atoms with Crippen LogP contribution in [0.5, 0.6) is 0 Å². The predicted octanol–water partition coefficient (Wildman–Crippen LogP) is 6.29. The number of fused-ring (bicyclic) bond motifs is 4. The molecule has 0 radical (unpaired) electrons. The van der Waals surface area contributed by atoms with Gasteiger partial charge in [-0.2, -0.15) is 35.9 Å². The summed E-state index contributed by atoms with van der Waals surface area (Å²) < 4.78 is 1.34.